The molecular weight excluding hydrogens is 258 g/mol. The molecule has 0 bridgehead atoms. The van der Waals surface area contributed by atoms with E-state index < -0.39 is 27.5 Å². The highest BCUT2D eigenvalue weighted by atomic mass is 32.2. The first kappa shape index (κ1) is 12.4. The Labute approximate surface area is 103 Å². The van der Waals surface area contributed by atoms with E-state index in [0.717, 1.165) is 11.5 Å². The Kier molecular flexibility index (Phi) is 3.00. The SMILES string of the molecule is O=C(NC1C=CS(=O)(=O)C1)c1ccc(O)c(O)c1. The molecule has 1 aromatic rings. The number of hydrogen-bond donors (Lipinski definition) is 3. The maximum absolute atomic E-state index is 11.7. The van der Waals surface area contributed by atoms with Gasteiger partial charge in [0.1, 0.15) is 0 Å². The molecule has 1 aliphatic rings. The van der Waals surface area contributed by atoms with Gasteiger partial charge in [-0.2, -0.15) is 0 Å². The molecule has 2 rings (SSSR count). The number of carbonyl (C=O) groups is 1. The molecule has 6 nitrogen and oxygen atoms in total. The quantitative estimate of drug-likeness (QED) is 0.662. The summed E-state index contributed by atoms with van der Waals surface area (Å²) in [4.78, 5) is 11.7. The molecule has 1 unspecified atom stereocenters. The normalized spacial score (nSPS) is 20.8. The summed E-state index contributed by atoms with van der Waals surface area (Å²) in [5, 5.41) is 21.9. The molecule has 96 valence electrons. The van der Waals surface area contributed by atoms with E-state index in [1.54, 1.807) is 0 Å². The minimum Gasteiger partial charge on any atom is -0.504 e. The lowest BCUT2D eigenvalue weighted by Crippen LogP contribution is -2.35. The average molecular weight is 269 g/mol. The van der Waals surface area contributed by atoms with E-state index in [-0.39, 0.29) is 17.1 Å². The average Bonchev–Trinajstić information content (AvgIpc) is 2.62. The number of phenols is 2. The summed E-state index contributed by atoms with van der Waals surface area (Å²) in [6.07, 6.45) is 1.40. The van der Waals surface area contributed by atoms with Crippen LogP contribution in [-0.4, -0.2) is 36.3 Å². The van der Waals surface area contributed by atoms with Crippen molar-refractivity contribution in [2.45, 2.75) is 6.04 Å². The number of carbonyl (C=O) groups excluding carboxylic acids is 1. The van der Waals surface area contributed by atoms with Crippen LogP contribution >= 0.6 is 0 Å². The van der Waals surface area contributed by atoms with Crippen LogP contribution in [0.4, 0.5) is 0 Å². The molecule has 0 aromatic heterocycles. The minimum atomic E-state index is -3.22. The smallest absolute Gasteiger partial charge is 0.251 e. The summed E-state index contributed by atoms with van der Waals surface area (Å²) in [6, 6.07) is 3.05. The van der Waals surface area contributed by atoms with Crippen molar-refractivity contribution in [3.8, 4) is 11.5 Å². The first-order valence-corrected chi connectivity index (χ1v) is 6.83. The van der Waals surface area contributed by atoms with Gasteiger partial charge in [0.2, 0.25) is 0 Å². The fourth-order valence-electron chi connectivity index (χ4n) is 1.58. The maximum atomic E-state index is 11.7. The van der Waals surface area contributed by atoms with E-state index >= 15 is 0 Å². The van der Waals surface area contributed by atoms with Gasteiger partial charge in [-0.05, 0) is 24.3 Å². The van der Waals surface area contributed by atoms with E-state index in [0.29, 0.717) is 0 Å². The molecule has 1 amide bonds. The summed E-state index contributed by atoms with van der Waals surface area (Å²) in [7, 11) is -3.22. The standard InChI is InChI=1S/C11H11NO5S/c13-9-2-1-7(5-10(9)14)11(15)12-8-3-4-18(16,17)6-8/h1-5,8,13-14H,6H2,(H,12,15). The van der Waals surface area contributed by atoms with Gasteiger partial charge in [-0.3, -0.25) is 4.79 Å². The van der Waals surface area contributed by atoms with Gasteiger partial charge >= 0.3 is 0 Å². The number of phenolic OH excluding ortho intramolecular Hbond substituents is 2. The number of sulfone groups is 1. The van der Waals surface area contributed by atoms with Gasteiger partial charge < -0.3 is 15.5 Å². The molecule has 1 aliphatic heterocycles. The molecule has 1 aromatic carbocycles. The lowest BCUT2D eigenvalue weighted by atomic mass is 10.2. The molecule has 1 heterocycles. The first-order chi connectivity index (χ1) is 8.37. The zero-order valence-electron chi connectivity index (χ0n) is 9.20. The van der Waals surface area contributed by atoms with Crippen LogP contribution in [0.25, 0.3) is 0 Å². The predicted molar refractivity (Wildman–Crippen MR) is 64.0 cm³/mol. The lowest BCUT2D eigenvalue weighted by molar-refractivity contribution is 0.0947. The van der Waals surface area contributed by atoms with Crippen LogP contribution in [0.5, 0.6) is 11.5 Å². The van der Waals surface area contributed by atoms with Gasteiger partial charge in [-0.1, -0.05) is 0 Å². The molecule has 3 N–H and O–H groups in total. The van der Waals surface area contributed by atoms with Crippen molar-refractivity contribution < 1.29 is 23.4 Å². The highest BCUT2D eigenvalue weighted by Gasteiger charge is 2.23. The number of nitrogens with one attached hydrogen (secondary N) is 1. The highest BCUT2D eigenvalue weighted by Crippen LogP contribution is 2.24. The third kappa shape index (κ3) is 2.62. The monoisotopic (exact) mass is 269 g/mol. The van der Waals surface area contributed by atoms with Crippen molar-refractivity contribution in [3.05, 3.63) is 35.2 Å². The lowest BCUT2D eigenvalue weighted by Gasteiger charge is -2.10. The second-order valence-electron chi connectivity index (χ2n) is 3.94. The van der Waals surface area contributed by atoms with Crippen LogP contribution < -0.4 is 5.32 Å². The first-order valence-electron chi connectivity index (χ1n) is 5.11. The summed E-state index contributed by atoms with van der Waals surface area (Å²) in [5.41, 5.74) is 0.142. The van der Waals surface area contributed by atoms with Gasteiger partial charge in [0.05, 0.1) is 11.8 Å². The van der Waals surface area contributed by atoms with Gasteiger partial charge in [-0.25, -0.2) is 8.42 Å². The van der Waals surface area contributed by atoms with Crippen molar-refractivity contribution in [3.63, 3.8) is 0 Å². The predicted octanol–water partition coefficient (Wildman–Crippen LogP) is 0.138. The van der Waals surface area contributed by atoms with Crippen molar-refractivity contribution in [1.82, 2.24) is 5.32 Å². The second kappa shape index (κ2) is 4.34. The van der Waals surface area contributed by atoms with Gasteiger partial charge in [0, 0.05) is 11.0 Å². The topological polar surface area (TPSA) is 104 Å². The highest BCUT2D eigenvalue weighted by molar-refractivity contribution is 7.94. The number of hydrogen-bond acceptors (Lipinski definition) is 5. The molecule has 0 spiro atoms. The number of rotatable bonds is 2. The van der Waals surface area contributed by atoms with E-state index in [2.05, 4.69) is 5.32 Å². The third-order valence-electron chi connectivity index (χ3n) is 2.48. The van der Waals surface area contributed by atoms with Gasteiger partial charge in [-0.15, -0.1) is 0 Å². The van der Waals surface area contributed by atoms with E-state index in [9.17, 15) is 18.3 Å². The summed E-state index contributed by atoms with van der Waals surface area (Å²) in [6.45, 7) is 0. The summed E-state index contributed by atoms with van der Waals surface area (Å²) >= 11 is 0. The van der Waals surface area contributed by atoms with Crippen molar-refractivity contribution in [2.24, 2.45) is 0 Å². The van der Waals surface area contributed by atoms with Crippen LogP contribution in [0.3, 0.4) is 0 Å². The van der Waals surface area contributed by atoms with E-state index in [1.807, 2.05) is 0 Å². The van der Waals surface area contributed by atoms with Gasteiger partial charge in [0.25, 0.3) is 5.91 Å². The Morgan fingerprint density at radius 1 is 1.28 bits per heavy atom. The number of amides is 1. The molecule has 0 saturated heterocycles. The molecule has 0 saturated carbocycles. The Balaban J connectivity index is 2.09. The summed E-state index contributed by atoms with van der Waals surface area (Å²) in [5.74, 6) is -1.41. The van der Waals surface area contributed by atoms with Crippen LogP contribution in [-0.2, 0) is 9.84 Å². The van der Waals surface area contributed by atoms with Crippen molar-refractivity contribution >= 4 is 15.7 Å². The minimum absolute atomic E-state index is 0.142. The number of aromatic hydroxyl groups is 2. The maximum Gasteiger partial charge on any atom is 0.251 e. The zero-order chi connectivity index (χ0) is 13.3. The fraction of sp³-hybridized carbons (Fsp3) is 0.182. The molecule has 18 heavy (non-hydrogen) atoms. The molecule has 0 radical (unpaired) electrons. The van der Waals surface area contributed by atoms with Crippen LogP contribution in [0.15, 0.2) is 29.7 Å². The summed E-state index contributed by atoms with van der Waals surface area (Å²) < 4.78 is 22.3. The third-order valence-corrected chi connectivity index (χ3v) is 3.88. The fourth-order valence-corrected chi connectivity index (χ4v) is 2.82. The molecular formula is C11H11NO5S. The second-order valence-corrected chi connectivity index (χ2v) is 5.87. The Morgan fingerprint density at radius 2 is 2.00 bits per heavy atom. The van der Waals surface area contributed by atoms with E-state index in [1.165, 1.54) is 18.2 Å². The molecule has 1 atom stereocenters. The van der Waals surface area contributed by atoms with Crippen LogP contribution in [0.1, 0.15) is 10.4 Å². The largest absolute Gasteiger partial charge is 0.504 e. The van der Waals surface area contributed by atoms with Gasteiger partial charge in [0.15, 0.2) is 21.3 Å². The zero-order valence-corrected chi connectivity index (χ0v) is 10.0. The van der Waals surface area contributed by atoms with Crippen LogP contribution in [0, 0.1) is 0 Å². The Morgan fingerprint density at radius 3 is 2.56 bits per heavy atom. The van der Waals surface area contributed by atoms with E-state index in [4.69, 9.17) is 5.11 Å². The molecule has 0 fully saturated rings. The Hall–Kier alpha value is -2.02. The molecule has 7 heteroatoms. The Bertz CT molecular complexity index is 620. The van der Waals surface area contributed by atoms with Crippen LogP contribution in [0.2, 0.25) is 0 Å². The van der Waals surface area contributed by atoms with Crippen molar-refractivity contribution in [2.75, 3.05) is 5.75 Å². The van der Waals surface area contributed by atoms with Crippen molar-refractivity contribution in [1.29, 1.82) is 0 Å². The number of benzene rings is 1. The molecule has 0 aliphatic carbocycles.